The Morgan fingerprint density at radius 1 is 1.18 bits per heavy atom. The molecule has 0 saturated heterocycles. The minimum absolute atomic E-state index is 0.285. The van der Waals surface area contributed by atoms with Gasteiger partial charge in [0.05, 0.1) is 0 Å². The Morgan fingerprint density at radius 2 is 1.65 bits per heavy atom. The molecular formula is C14H21NO2. The maximum Gasteiger partial charge on any atom is 0.331 e. The molecule has 3 heteroatoms. The summed E-state index contributed by atoms with van der Waals surface area (Å²) in [6.07, 6.45) is 6.49. The van der Waals surface area contributed by atoms with Gasteiger partial charge in [0.1, 0.15) is 0 Å². The lowest BCUT2D eigenvalue weighted by Gasteiger charge is -1.97. The van der Waals surface area contributed by atoms with Gasteiger partial charge in [-0.25, -0.2) is 4.79 Å². The number of rotatable bonds is 5. The molecule has 0 aromatic carbocycles. The molecule has 17 heavy (non-hydrogen) atoms. The molecular weight excluding hydrogens is 214 g/mol. The van der Waals surface area contributed by atoms with E-state index < -0.39 is 5.97 Å². The highest BCUT2D eigenvalue weighted by molar-refractivity contribution is 5.86. The second-order valence-electron chi connectivity index (χ2n) is 3.03. The van der Waals surface area contributed by atoms with Crippen LogP contribution >= 0.6 is 0 Å². The Balaban J connectivity index is 0. The first-order valence-corrected chi connectivity index (χ1v) is 5.39. The fourth-order valence-corrected chi connectivity index (χ4v) is 0.702. The molecule has 0 fully saturated rings. The second-order valence-corrected chi connectivity index (χ2v) is 3.03. The minimum atomic E-state index is -0.923. The minimum Gasteiger partial charge on any atom is -0.478 e. The first-order valence-electron chi connectivity index (χ1n) is 5.39. The highest BCUT2D eigenvalue weighted by Gasteiger charge is 1.97. The van der Waals surface area contributed by atoms with Gasteiger partial charge in [-0.15, -0.1) is 0 Å². The molecule has 3 nitrogen and oxygen atoms in total. The predicted molar refractivity (Wildman–Crippen MR) is 74.3 cm³/mol. The lowest BCUT2D eigenvalue weighted by atomic mass is 10.1. The van der Waals surface area contributed by atoms with E-state index in [1.807, 2.05) is 20.8 Å². The third kappa shape index (κ3) is 9.05. The Labute approximate surface area is 104 Å². The van der Waals surface area contributed by atoms with Crippen LogP contribution in [-0.4, -0.2) is 17.8 Å². The Bertz CT molecular complexity index is 360. The van der Waals surface area contributed by atoms with Crippen LogP contribution in [0.1, 0.15) is 27.7 Å². The molecule has 0 heterocycles. The van der Waals surface area contributed by atoms with Crippen LogP contribution in [0, 0.1) is 0 Å². The van der Waals surface area contributed by atoms with E-state index >= 15 is 0 Å². The summed E-state index contributed by atoms with van der Waals surface area (Å²) in [4.78, 5) is 14.0. The monoisotopic (exact) mass is 235 g/mol. The molecule has 0 aliphatic heterocycles. The molecule has 1 N–H and O–H groups in total. The number of aliphatic carboxylic acids is 1. The van der Waals surface area contributed by atoms with Crippen molar-refractivity contribution in [2.75, 3.05) is 0 Å². The van der Waals surface area contributed by atoms with E-state index in [0.717, 1.165) is 11.1 Å². The van der Waals surface area contributed by atoms with Crippen molar-refractivity contribution in [2.24, 2.45) is 4.99 Å². The van der Waals surface area contributed by atoms with Crippen LogP contribution in [0.4, 0.5) is 0 Å². The van der Waals surface area contributed by atoms with Gasteiger partial charge in [-0.3, -0.25) is 4.99 Å². The summed E-state index contributed by atoms with van der Waals surface area (Å²) in [5, 5.41) is 8.62. The van der Waals surface area contributed by atoms with Crippen molar-refractivity contribution in [3.63, 3.8) is 0 Å². The van der Waals surface area contributed by atoms with Crippen molar-refractivity contribution in [2.45, 2.75) is 27.7 Å². The van der Waals surface area contributed by atoms with Crippen molar-refractivity contribution < 1.29 is 9.90 Å². The third-order valence-electron chi connectivity index (χ3n) is 1.81. The molecule has 0 radical (unpaired) electrons. The standard InChI is InChI=1S/C12H15NO2.C2H6/c1-9(10(2)7-8-13-4)5-6-11(3)12(14)15;1-2/h5-8H,2,4H2,1,3H3,(H,14,15);1-2H3/b8-7-,9-5+,11-6+;. The van der Waals surface area contributed by atoms with Crippen molar-refractivity contribution in [1.82, 2.24) is 0 Å². The maximum atomic E-state index is 10.5. The summed E-state index contributed by atoms with van der Waals surface area (Å²) in [7, 11) is 0. The number of aliphatic imine (C=N–C) groups is 1. The topological polar surface area (TPSA) is 49.7 Å². The van der Waals surface area contributed by atoms with Crippen LogP contribution < -0.4 is 0 Å². The molecule has 94 valence electrons. The summed E-state index contributed by atoms with van der Waals surface area (Å²) >= 11 is 0. The lowest BCUT2D eigenvalue weighted by molar-refractivity contribution is -0.132. The van der Waals surface area contributed by atoms with Crippen molar-refractivity contribution in [3.8, 4) is 0 Å². The van der Waals surface area contributed by atoms with Gasteiger partial charge in [0.2, 0.25) is 0 Å². The van der Waals surface area contributed by atoms with Crippen molar-refractivity contribution >= 4 is 12.7 Å². The zero-order chi connectivity index (χ0) is 13.8. The molecule has 0 aliphatic carbocycles. The lowest BCUT2D eigenvalue weighted by Crippen LogP contribution is -1.94. The zero-order valence-corrected chi connectivity index (χ0v) is 11.0. The van der Waals surface area contributed by atoms with E-state index in [2.05, 4.69) is 18.3 Å². The average Bonchev–Trinajstić information content (AvgIpc) is 2.34. The quantitative estimate of drug-likeness (QED) is 0.448. The fourth-order valence-electron chi connectivity index (χ4n) is 0.702. The molecule has 0 aromatic rings. The third-order valence-corrected chi connectivity index (χ3v) is 1.81. The number of carboxylic acid groups (broad SMARTS) is 1. The zero-order valence-electron chi connectivity index (χ0n) is 11.0. The summed E-state index contributed by atoms with van der Waals surface area (Å²) < 4.78 is 0. The highest BCUT2D eigenvalue weighted by atomic mass is 16.4. The van der Waals surface area contributed by atoms with Crippen molar-refractivity contribution in [1.29, 1.82) is 0 Å². The van der Waals surface area contributed by atoms with E-state index in [4.69, 9.17) is 5.11 Å². The van der Waals surface area contributed by atoms with E-state index in [0.29, 0.717) is 0 Å². The van der Waals surface area contributed by atoms with Gasteiger partial charge in [-0.05, 0) is 37.8 Å². The molecule has 0 rings (SSSR count). The Kier molecular flexibility index (Phi) is 10.9. The van der Waals surface area contributed by atoms with Crippen LogP contribution in [0.15, 0.2) is 52.7 Å². The summed E-state index contributed by atoms with van der Waals surface area (Å²) in [6.45, 7) is 14.5. The van der Waals surface area contributed by atoms with E-state index in [1.165, 1.54) is 19.2 Å². The summed E-state index contributed by atoms with van der Waals surface area (Å²) in [5.41, 5.74) is 1.94. The smallest absolute Gasteiger partial charge is 0.331 e. The van der Waals surface area contributed by atoms with Crippen LogP contribution in [0.3, 0.4) is 0 Å². The SMILES string of the molecule is C=N/C=C\C(=C)/C(C)=C/C=C(\C)C(=O)O.CC. The average molecular weight is 235 g/mol. The van der Waals surface area contributed by atoms with Crippen LogP contribution in [0.25, 0.3) is 0 Å². The molecule has 0 amide bonds. The van der Waals surface area contributed by atoms with Crippen molar-refractivity contribution in [3.05, 3.63) is 47.7 Å². The van der Waals surface area contributed by atoms with Gasteiger partial charge in [-0.1, -0.05) is 32.6 Å². The normalized spacial score (nSPS) is 11.8. The summed E-state index contributed by atoms with van der Waals surface area (Å²) in [6, 6.07) is 0. The van der Waals surface area contributed by atoms with Gasteiger partial charge in [0.15, 0.2) is 0 Å². The summed E-state index contributed by atoms with van der Waals surface area (Å²) in [5.74, 6) is -0.923. The van der Waals surface area contributed by atoms with E-state index in [-0.39, 0.29) is 5.57 Å². The molecule has 0 bridgehead atoms. The molecule has 0 saturated carbocycles. The molecule has 0 spiro atoms. The first kappa shape index (κ1) is 17.5. The highest BCUT2D eigenvalue weighted by Crippen LogP contribution is 2.09. The predicted octanol–water partition coefficient (Wildman–Crippen LogP) is 3.76. The fraction of sp³-hybridized carbons (Fsp3) is 0.286. The number of nitrogens with zero attached hydrogens (tertiary/aromatic N) is 1. The van der Waals surface area contributed by atoms with Crippen LogP contribution in [-0.2, 0) is 4.79 Å². The van der Waals surface area contributed by atoms with Gasteiger partial charge < -0.3 is 5.11 Å². The van der Waals surface area contributed by atoms with E-state index in [1.54, 1.807) is 12.2 Å². The number of hydrogen-bond donors (Lipinski definition) is 1. The number of hydrogen-bond acceptors (Lipinski definition) is 2. The largest absolute Gasteiger partial charge is 0.478 e. The molecule has 0 atom stereocenters. The maximum absolute atomic E-state index is 10.5. The Hall–Kier alpha value is -1.90. The first-order chi connectivity index (χ1) is 7.99. The molecule has 0 aromatic heterocycles. The van der Waals surface area contributed by atoms with E-state index in [9.17, 15) is 4.79 Å². The van der Waals surface area contributed by atoms with Crippen LogP contribution in [0.2, 0.25) is 0 Å². The number of carbonyl (C=O) groups is 1. The molecule has 0 unspecified atom stereocenters. The van der Waals surface area contributed by atoms with Gasteiger partial charge >= 0.3 is 5.97 Å². The van der Waals surface area contributed by atoms with Crippen LogP contribution in [0.5, 0.6) is 0 Å². The Morgan fingerprint density at radius 3 is 2.06 bits per heavy atom. The molecule has 0 aliphatic rings. The number of carboxylic acids is 1. The second kappa shape index (κ2) is 10.6. The van der Waals surface area contributed by atoms with Gasteiger partial charge in [0, 0.05) is 11.8 Å². The van der Waals surface area contributed by atoms with Gasteiger partial charge in [-0.2, -0.15) is 0 Å². The van der Waals surface area contributed by atoms with Gasteiger partial charge in [0.25, 0.3) is 0 Å². The number of allylic oxidation sites excluding steroid dienone is 5.